The summed E-state index contributed by atoms with van der Waals surface area (Å²) in [6, 6.07) is 16.8. The molecule has 0 amide bonds. The molecule has 0 radical (unpaired) electrons. The van der Waals surface area contributed by atoms with Gasteiger partial charge in [-0.3, -0.25) is 4.79 Å². The molecule has 0 N–H and O–H groups in total. The van der Waals surface area contributed by atoms with Crippen LogP contribution in [0.4, 0.5) is 4.39 Å². The second-order valence-corrected chi connectivity index (χ2v) is 6.83. The first kappa shape index (κ1) is 21.1. The molecule has 0 bridgehead atoms. The summed E-state index contributed by atoms with van der Waals surface area (Å²) >= 11 is 0. The maximum atomic E-state index is 13.8. The third-order valence-electron chi connectivity index (χ3n) is 4.65. The van der Waals surface area contributed by atoms with Crippen LogP contribution < -0.4 is 19.6 Å². The largest absolute Gasteiger partial charge is 0.490 e. The predicted octanol–water partition coefficient (Wildman–Crippen LogP) is 5.65. The topological polar surface area (TPSA) is 75.0 Å². The van der Waals surface area contributed by atoms with E-state index in [1.54, 1.807) is 31.2 Å². The van der Waals surface area contributed by atoms with Crippen molar-refractivity contribution in [2.45, 2.75) is 13.8 Å². The van der Waals surface area contributed by atoms with Gasteiger partial charge in [-0.15, -0.1) is 0 Å². The average molecular weight is 434 g/mol. The molecular formula is C25H19FO6. The van der Waals surface area contributed by atoms with Gasteiger partial charge in [0.2, 0.25) is 11.2 Å². The average Bonchev–Trinajstić information content (AvgIpc) is 2.78. The highest BCUT2D eigenvalue weighted by Crippen LogP contribution is 2.33. The molecule has 1 aromatic heterocycles. The predicted molar refractivity (Wildman–Crippen MR) is 116 cm³/mol. The Morgan fingerprint density at radius 1 is 1.00 bits per heavy atom. The molecule has 0 aliphatic rings. The van der Waals surface area contributed by atoms with Crippen LogP contribution in [0.1, 0.15) is 23.0 Å². The molecule has 0 unspecified atom stereocenters. The van der Waals surface area contributed by atoms with Crippen LogP contribution in [-0.4, -0.2) is 12.6 Å². The Morgan fingerprint density at radius 3 is 2.47 bits per heavy atom. The van der Waals surface area contributed by atoms with Crippen molar-refractivity contribution in [1.82, 2.24) is 0 Å². The number of fused-ring (bicyclic) bond motifs is 1. The Morgan fingerprint density at radius 2 is 1.72 bits per heavy atom. The number of rotatable bonds is 6. The number of aryl methyl sites for hydroxylation is 1. The van der Waals surface area contributed by atoms with E-state index in [1.165, 1.54) is 42.5 Å². The molecule has 0 saturated heterocycles. The molecule has 0 saturated carbocycles. The van der Waals surface area contributed by atoms with Crippen LogP contribution in [0.5, 0.6) is 23.0 Å². The minimum atomic E-state index is -0.853. The lowest BCUT2D eigenvalue weighted by atomic mass is 10.2. The normalized spacial score (nSPS) is 10.7. The van der Waals surface area contributed by atoms with Crippen LogP contribution in [-0.2, 0) is 0 Å². The van der Waals surface area contributed by atoms with E-state index in [0.29, 0.717) is 18.1 Å². The summed E-state index contributed by atoms with van der Waals surface area (Å²) in [5, 5.41) is 0.241. The third-order valence-corrected chi connectivity index (χ3v) is 4.65. The zero-order valence-corrected chi connectivity index (χ0v) is 17.4. The van der Waals surface area contributed by atoms with Crippen molar-refractivity contribution in [3.63, 3.8) is 0 Å². The Balaban J connectivity index is 1.66. The molecule has 3 aromatic carbocycles. The number of esters is 1. The monoisotopic (exact) mass is 434 g/mol. The van der Waals surface area contributed by atoms with E-state index in [4.69, 9.17) is 18.6 Å². The SMILES string of the molecule is CCOc1ccccc1Oc1c(C)oc2cc(OC(=O)c3ccccc3F)ccc2c1=O. The Hall–Kier alpha value is -4.13. The number of hydrogen-bond acceptors (Lipinski definition) is 6. The summed E-state index contributed by atoms with van der Waals surface area (Å²) in [5.41, 5.74) is -0.374. The molecular weight excluding hydrogens is 415 g/mol. The second-order valence-electron chi connectivity index (χ2n) is 6.83. The summed E-state index contributed by atoms with van der Waals surface area (Å²) in [6.07, 6.45) is 0. The van der Waals surface area contributed by atoms with E-state index in [9.17, 15) is 14.0 Å². The van der Waals surface area contributed by atoms with E-state index in [-0.39, 0.29) is 39.2 Å². The third kappa shape index (κ3) is 4.18. The van der Waals surface area contributed by atoms with Crippen molar-refractivity contribution < 1.29 is 27.8 Å². The van der Waals surface area contributed by atoms with E-state index in [2.05, 4.69) is 0 Å². The van der Waals surface area contributed by atoms with Gasteiger partial charge in [0.25, 0.3) is 0 Å². The van der Waals surface area contributed by atoms with Gasteiger partial charge in [-0.1, -0.05) is 24.3 Å². The van der Waals surface area contributed by atoms with Gasteiger partial charge in [0.1, 0.15) is 22.9 Å². The molecule has 0 fully saturated rings. The first-order valence-corrected chi connectivity index (χ1v) is 9.91. The van der Waals surface area contributed by atoms with Gasteiger partial charge in [0.05, 0.1) is 17.6 Å². The van der Waals surface area contributed by atoms with Gasteiger partial charge in [-0.2, -0.15) is 0 Å². The highest BCUT2D eigenvalue weighted by Gasteiger charge is 2.18. The molecule has 7 heteroatoms. The lowest BCUT2D eigenvalue weighted by Gasteiger charge is -2.13. The summed E-state index contributed by atoms with van der Waals surface area (Å²) in [4.78, 5) is 25.3. The van der Waals surface area contributed by atoms with E-state index < -0.39 is 11.8 Å². The van der Waals surface area contributed by atoms with Crippen molar-refractivity contribution in [3.05, 3.63) is 94.1 Å². The fraction of sp³-hybridized carbons (Fsp3) is 0.120. The highest BCUT2D eigenvalue weighted by atomic mass is 19.1. The van der Waals surface area contributed by atoms with Crippen LogP contribution in [0.2, 0.25) is 0 Å². The lowest BCUT2D eigenvalue weighted by Crippen LogP contribution is -2.11. The van der Waals surface area contributed by atoms with Crippen LogP contribution >= 0.6 is 0 Å². The van der Waals surface area contributed by atoms with E-state index in [0.717, 1.165) is 0 Å². The molecule has 162 valence electrons. The summed E-state index contributed by atoms with van der Waals surface area (Å²) in [5.74, 6) is -0.261. The first-order chi connectivity index (χ1) is 15.5. The van der Waals surface area contributed by atoms with Crippen LogP contribution in [0.15, 0.2) is 75.9 Å². The zero-order valence-electron chi connectivity index (χ0n) is 17.4. The standard InChI is InChI=1S/C25H19FO6/c1-3-29-20-10-6-7-11-21(20)32-24-15(2)30-22-14-16(12-13-18(22)23(24)27)31-25(28)17-8-4-5-9-19(17)26/h4-14H,3H2,1-2H3. The highest BCUT2D eigenvalue weighted by molar-refractivity contribution is 5.92. The van der Waals surface area contributed by atoms with Gasteiger partial charge >= 0.3 is 5.97 Å². The molecule has 0 aliphatic carbocycles. The molecule has 6 nitrogen and oxygen atoms in total. The lowest BCUT2D eigenvalue weighted by molar-refractivity contribution is 0.0730. The maximum Gasteiger partial charge on any atom is 0.346 e. The van der Waals surface area contributed by atoms with Crippen molar-refractivity contribution in [1.29, 1.82) is 0 Å². The molecule has 1 heterocycles. The second kappa shape index (κ2) is 8.93. The number of carbonyl (C=O) groups is 1. The first-order valence-electron chi connectivity index (χ1n) is 9.91. The fourth-order valence-electron chi connectivity index (χ4n) is 3.16. The summed E-state index contributed by atoms with van der Waals surface area (Å²) < 4.78 is 36.2. The number of hydrogen-bond donors (Lipinski definition) is 0. The van der Waals surface area contributed by atoms with Crippen molar-refractivity contribution >= 4 is 16.9 Å². The number of ether oxygens (including phenoxy) is 3. The zero-order chi connectivity index (χ0) is 22.7. The Bertz CT molecular complexity index is 1360. The molecule has 4 aromatic rings. The Labute approximate surface area is 182 Å². The van der Waals surface area contributed by atoms with Gasteiger partial charge in [0.15, 0.2) is 11.5 Å². The van der Waals surface area contributed by atoms with Gasteiger partial charge in [-0.25, -0.2) is 9.18 Å². The summed E-state index contributed by atoms with van der Waals surface area (Å²) in [6.45, 7) is 3.89. The fourth-order valence-corrected chi connectivity index (χ4v) is 3.16. The number of halogens is 1. The van der Waals surface area contributed by atoms with Gasteiger partial charge in [-0.05, 0) is 50.2 Å². The maximum absolute atomic E-state index is 13.8. The molecule has 4 rings (SSSR count). The van der Waals surface area contributed by atoms with Crippen LogP contribution in [0.3, 0.4) is 0 Å². The van der Waals surface area contributed by atoms with Crippen molar-refractivity contribution in [2.75, 3.05) is 6.61 Å². The Kier molecular flexibility index (Phi) is 5.89. The van der Waals surface area contributed by atoms with E-state index in [1.807, 2.05) is 6.92 Å². The quantitative estimate of drug-likeness (QED) is 0.288. The molecule has 0 atom stereocenters. The minimum Gasteiger partial charge on any atom is -0.490 e. The van der Waals surface area contributed by atoms with Crippen LogP contribution in [0, 0.1) is 12.7 Å². The van der Waals surface area contributed by atoms with Crippen molar-refractivity contribution in [3.8, 4) is 23.0 Å². The smallest absolute Gasteiger partial charge is 0.346 e. The van der Waals surface area contributed by atoms with Gasteiger partial charge < -0.3 is 18.6 Å². The number of para-hydroxylation sites is 2. The van der Waals surface area contributed by atoms with E-state index >= 15 is 0 Å². The van der Waals surface area contributed by atoms with Crippen molar-refractivity contribution in [2.24, 2.45) is 0 Å². The van der Waals surface area contributed by atoms with Gasteiger partial charge in [0, 0.05) is 6.07 Å². The molecule has 0 spiro atoms. The van der Waals surface area contributed by atoms with Crippen LogP contribution in [0.25, 0.3) is 11.0 Å². The number of benzene rings is 3. The summed E-state index contributed by atoms with van der Waals surface area (Å²) in [7, 11) is 0. The molecule has 0 aliphatic heterocycles. The molecule has 32 heavy (non-hydrogen) atoms. The minimum absolute atomic E-state index is 0.0285. The number of carbonyl (C=O) groups excluding carboxylic acids is 1.